The zero-order chi connectivity index (χ0) is 18.1. The molecule has 2 aliphatic heterocycles. The number of hydrogen-bond acceptors (Lipinski definition) is 5. The Morgan fingerprint density at radius 2 is 1.81 bits per heavy atom. The van der Waals surface area contributed by atoms with Gasteiger partial charge in [0.05, 0.1) is 12.2 Å². The van der Waals surface area contributed by atoms with Gasteiger partial charge < -0.3 is 5.32 Å². The first-order valence-electron chi connectivity index (χ1n) is 10.3. The Morgan fingerprint density at radius 1 is 1.12 bits per heavy atom. The van der Waals surface area contributed by atoms with Gasteiger partial charge in [0.2, 0.25) is 5.91 Å². The standard InChI is InChI=1S/C20H32N4OS/c1-14-15(2)26-20(21-14)22-18(25)13-23-11-16-7-6-8-17(12-23)19(16)24-9-4-3-5-10-24/h16-17,19H,3-13H2,1-2H3,(H,21,22,25)/t16-,17+,19?. The summed E-state index contributed by atoms with van der Waals surface area (Å²) in [6, 6.07) is 0.771. The smallest absolute Gasteiger partial charge is 0.240 e. The molecule has 0 aromatic carbocycles. The molecule has 144 valence electrons. The van der Waals surface area contributed by atoms with Crippen molar-refractivity contribution in [1.29, 1.82) is 0 Å². The molecule has 2 saturated heterocycles. The number of amides is 1. The number of fused-ring (bicyclic) bond motifs is 2. The molecule has 1 aromatic rings. The second-order valence-corrected chi connectivity index (χ2v) is 9.64. The summed E-state index contributed by atoms with van der Waals surface area (Å²) in [4.78, 5) is 23.3. The maximum Gasteiger partial charge on any atom is 0.240 e. The van der Waals surface area contributed by atoms with E-state index in [4.69, 9.17) is 0 Å². The van der Waals surface area contributed by atoms with Gasteiger partial charge in [0.1, 0.15) is 0 Å². The first-order chi connectivity index (χ1) is 12.6. The largest absolute Gasteiger partial charge is 0.301 e. The molecule has 3 fully saturated rings. The van der Waals surface area contributed by atoms with E-state index in [1.54, 1.807) is 11.3 Å². The third-order valence-electron chi connectivity index (χ3n) is 6.56. The second-order valence-electron chi connectivity index (χ2n) is 8.44. The molecule has 26 heavy (non-hydrogen) atoms. The number of thiazole rings is 1. The molecule has 1 unspecified atom stereocenters. The van der Waals surface area contributed by atoms with Gasteiger partial charge in [0.25, 0.3) is 0 Å². The number of aryl methyl sites for hydroxylation is 2. The number of piperidine rings is 2. The van der Waals surface area contributed by atoms with Crippen molar-refractivity contribution < 1.29 is 4.79 Å². The lowest BCUT2D eigenvalue weighted by Gasteiger charge is -2.52. The lowest BCUT2D eigenvalue weighted by atomic mass is 9.72. The molecule has 1 N–H and O–H groups in total. The summed E-state index contributed by atoms with van der Waals surface area (Å²) >= 11 is 1.57. The van der Waals surface area contributed by atoms with Gasteiger partial charge in [-0.3, -0.25) is 14.6 Å². The number of aromatic nitrogens is 1. The average molecular weight is 377 g/mol. The van der Waals surface area contributed by atoms with Gasteiger partial charge >= 0.3 is 0 Å². The van der Waals surface area contributed by atoms with Crippen LogP contribution in [0.1, 0.15) is 49.1 Å². The molecule has 3 atom stereocenters. The van der Waals surface area contributed by atoms with Crippen molar-refractivity contribution in [2.45, 2.75) is 58.4 Å². The summed E-state index contributed by atoms with van der Waals surface area (Å²) in [5.41, 5.74) is 1.02. The SMILES string of the molecule is Cc1nc(NC(=O)CN2C[C@H]3CCC[C@@H](C2)C3N2CCCCC2)sc1C. The fourth-order valence-electron chi connectivity index (χ4n) is 5.34. The molecule has 4 rings (SSSR count). The van der Waals surface area contributed by atoms with Crippen molar-refractivity contribution in [3.63, 3.8) is 0 Å². The Kier molecular flexibility index (Phi) is 5.62. The predicted octanol–water partition coefficient (Wildman–Crippen LogP) is 3.28. The Balaban J connectivity index is 1.35. The van der Waals surface area contributed by atoms with Gasteiger partial charge in [-0.15, -0.1) is 11.3 Å². The van der Waals surface area contributed by atoms with Crippen LogP contribution in [-0.2, 0) is 4.79 Å². The molecule has 1 aromatic heterocycles. The fourth-order valence-corrected chi connectivity index (χ4v) is 6.17. The monoisotopic (exact) mass is 376 g/mol. The summed E-state index contributed by atoms with van der Waals surface area (Å²) in [6.07, 6.45) is 8.18. The number of rotatable bonds is 4. The van der Waals surface area contributed by atoms with E-state index in [1.165, 1.54) is 56.5 Å². The van der Waals surface area contributed by atoms with Crippen LogP contribution in [0.3, 0.4) is 0 Å². The highest BCUT2D eigenvalue weighted by molar-refractivity contribution is 7.15. The van der Waals surface area contributed by atoms with Gasteiger partial charge in [-0.1, -0.05) is 12.8 Å². The maximum atomic E-state index is 12.5. The van der Waals surface area contributed by atoms with Crippen LogP contribution in [-0.4, -0.2) is 59.5 Å². The highest BCUT2D eigenvalue weighted by atomic mass is 32.1. The number of carbonyl (C=O) groups excluding carboxylic acids is 1. The molecule has 0 radical (unpaired) electrons. The van der Waals surface area contributed by atoms with Crippen LogP contribution in [0.25, 0.3) is 0 Å². The van der Waals surface area contributed by atoms with Crippen molar-refractivity contribution in [1.82, 2.24) is 14.8 Å². The third kappa shape index (κ3) is 3.97. The van der Waals surface area contributed by atoms with E-state index in [-0.39, 0.29) is 5.91 Å². The van der Waals surface area contributed by atoms with Crippen molar-refractivity contribution in [3.8, 4) is 0 Å². The van der Waals surface area contributed by atoms with Crippen LogP contribution in [0.2, 0.25) is 0 Å². The van der Waals surface area contributed by atoms with Gasteiger partial charge in [0, 0.05) is 24.0 Å². The minimum Gasteiger partial charge on any atom is -0.301 e. The Labute approximate surface area is 161 Å². The van der Waals surface area contributed by atoms with Gasteiger partial charge in [0.15, 0.2) is 5.13 Å². The van der Waals surface area contributed by atoms with Crippen LogP contribution in [0.15, 0.2) is 0 Å². The summed E-state index contributed by atoms with van der Waals surface area (Å²) in [5, 5.41) is 3.75. The number of nitrogens with zero attached hydrogens (tertiary/aromatic N) is 3. The summed E-state index contributed by atoms with van der Waals surface area (Å²) in [6.45, 7) is 9.31. The molecule has 2 bridgehead atoms. The van der Waals surface area contributed by atoms with E-state index in [2.05, 4.69) is 27.0 Å². The Hall–Kier alpha value is -0.980. The number of hydrogen-bond donors (Lipinski definition) is 1. The molecular formula is C20H32N4OS. The minimum atomic E-state index is 0.0910. The van der Waals surface area contributed by atoms with Crippen LogP contribution in [0.4, 0.5) is 5.13 Å². The quantitative estimate of drug-likeness (QED) is 0.876. The van der Waals surface area contributed by atoms with Crippen molar-refractivity contribution >= 4 is 22.4 Å². The first-order valence-corrected chi connectivity index (χ1v) is 11.1. The molecule has 1 amide bonds. The summed E-state index contributed by atoms with van der Waals surface area (Å²) in [7, 11) is 0. The number of nitrogens with one attached hydrogen (secondary N) is 1. The number of anilines is 1. The van der Waals surface area contributed by atoms with E-state index in [0.29, 0.717) is 6.54 Å². The Bertz CT molecular complexity index is 606. The highest BCUT2D eigenvalue weighted by Crippen LogP contribution is 2.39. The average Bonchev–Trinajstić information content (AvgIpc) is 2.92. The summed E-state index contributed by atoms with van der Waals surface area (Å²) < 4.78 is 0. The molecule has 0 spiro atoms. The molecule has 1 aliphatic carbocycles. The zero-order valence-electron chi connectivity index (χ0n) is 16.2. The lowest BCUT2D eigenvalue weighted by molar-refractivity contribution is -0.119. The molecule has 3 aliphatic rings. The van der Waals surface area contributed by atoms with Crippen LogP contribution >= 0.6 is 11.3 Å². The van der Waals surface area contributed by atoms with Gasteiger partial charge in [-0.25, -0.2) is 4.98 Å². The third-order valence-corrected chi connectivity index (χ3v) is 7.54. The van der Waals surface area contributed by atoms with Gasteiger partial charge in [-0.2, -0.15) is 0 Å². The highest BCUT2D eigenvalue weighted by Gasteiger charge is 2.42. The van der Waals surface area contributed by atoms with E-state index in [1.807, 2.05) is 6.92 Å². The Morgan fingerprint density at radius 3 is 2.42 bits per heavy atom. The van der Waals surface area contributed by atoms with Crippen LogP contribution in [0, 0.1) is 25.7 Å². The molecule has 1 saturated carbocycles. The second kappa shape index (κ2) is 7.95. The van der Waals surface area contributed by atoms with E-state index < -0.39 is 0 Å². The topological polar surface area (TPSA) is 48.5 Å². The van der Waals surface area contributed by atoms with Crippen LogP contribution in [0.5, 0.6) is 0 Å². The van der Waals surface area contributed by atoms with E-state index in [9.17, 15) is 4.79 Å². The molecule has 6 heteroatoms. The molecular weight excluding hydrogens is 344 g/mol. The predicted molar refractivity (Wildman–Crippen MR) is 107 cm³/mol. The number of carbonyl (C=O) groups is 1. The van der Waals surface area contributed by atoms with Gasteiger partial charge in [-0.05, 0) is 64.5 Å². The maximum absolute atomic E-state index is 12.5. The molecule has 3 heterocycles. The normalized spacial score (nSPS) is 30.3. The number of likely N-dealkylation sites (tertiary alicyclic amines) is 2. The zero-order valence-corrected chi connectivity index (χ0v) is 17.0. The minimum absolute atomic E-state index is 0.0910. The lowest BCUT2D eigenvalue weighted by Crippen LogP contribution is -2.59. The van der Waals surface area contributed by atoms with E-state index in [0.717, 1.165) is 41.8 Å². The fraction of sp³-hybridized carbons (Fsp3) is 0.800. The first kappa shape index (κ1) is 18.4. The van der Waals surface area contributed by atoms with Crippen molar-refractivity contribution in [2.24, 2.45) is 11.8 Å². The van der Waals surface area contributed by atoms with E-state index >= 15 is 0 Å². The molecule has 5 nitrogen and oxygen atoms in total. The van der Waals surface area contributed by atoms with Crippen LogP contribution < -0.4 is 5.32 Å². The van der Waals surface area contributed by atoms with Crippen molar-refractivity contribution in [2.75, 3.05) is 38.0 Å². The van der Waals surface area contributed by atoms with Crippen molar-refractivity contribution in [3.05, 3.63) is 10.6 Å². The summed E-state index contributed by atoms with van der Waals surface area (Å²) in [5.74, 6) is 1.59.